The zero-order valence-electron chi connectivity index (χ0n) is 4.72. The van der Waals surface area contributed by atoms with Crippen LogP contribution in [-0.2, 0) is 0 Å². The van der Waals surface area contributed by atoms with E-state index in [1.165, 1.54) is 19.3 Å². The molecule has 0 aliphatic carbocycles. The number of hydrogen-bond donors (Lipinski definition) is 0. The van der Waals surface area contributed by atoms with Gasteiger partial charge in [0.15, 0.2) is 0 Å². The molecular weight excluding hydrogens is 147 g/mol. The molecule has 0 spiro atoms. The van der Waals surface area contributed by atoms with Crippen molar-refractivity contribution in [1.29, 1.82) is 0 Å². The van der Waals surface area contributed by atoms with E-state index >= 15 is 0 Å². The first kappa shape index (κ1) is 7.30. The predicted octanol–water partition coefficient (Wildman–Crippen LogP) is 1.86. The topological polar surface area (TPSA) is 0 Å². The molecule has 0 aliphatic rings. The van der Waals surface area contributed by atoms with Crippen LogP contribution in [0.3, 0.4) is 0 Å². The van der Waals surface area contributed by atoms with Gasteiger partial charge in [0, 0.05) is 0 Å². The molecule has 0 aromatic rings. The first-order valence-electron chi connectivity index (χ1n) is 2.71. The van der Waals surface area contributed by atoms with Gasteiger partial charge in [0.2, 0.25) is 0 Å². The van der Waals surface area contributed by atoms with Crippen molar-refractivity contribution < 1.29 is 0 Å². The Morgan fingerprint density at radius 1 is 1.57 bits per heavy atom. The Bertz CT molecular complexity index is 48.1. The molecule has 0 heterocycles. The van der Waals surface area contributed by atoms with Crippen LogP contribution in [0, 0.1) is 0 Å². The summed E-state index contributed by atoms with van der Waals surface area (Å²) in [6.45, 7) is 2.21. The molecule has 0 N–H and O–H groups in total. The summed E-state index contributed by atoms with van der Waals surface area (Å²) in [6, 6.07) is 0. The maximum absolute atomic E-state index is 2.44. The molecular formula is C6H11As. The Balaban J connectivity index is 2.69. The molecule has 0 rings (SSSR count). The number of rotatable bonds is 3. The summed E-state index contributed by atoms with van der Waals surface area (Å²) in [5, 5.41) is 0. The van der Waals surface area contributed by atoms with E-state index in [0.29, 0.717) is 0 Å². The van der Waals surface area contributed by atoms with Crippen LogP contribution in [0.4, 0.5) is 0 Å². The van der Waals surface area contributed by atoms with Crippen molar-refractivity contribution in [3.63, 3.8) is 0 Å². The van der Waals surface area contributed by atoms with Gasteiger partial charge >= 0.3 is 54.0 Å². The number of allylic oxidation sites excluding steroid dienone is 1. The molecule has 0 saturated carbocycles. The summed E-state index contributed by atoms with van der Waals surface area (Å²) >= 11 is 2.44. The summed E-state index contributed by atoms with van der Waals surface area (Å²) in [5.74, 6) is 0. The van der Waals surface area contributed by atoms with E-state index in [-0.39, 0.29) is 0 Å². The summed E-state index contributed by atoms with van der Waals surface area (Å²) in [6.07, 6.45) is 6.06. The van der Waals surface area contributed by atoms with Gasteiger partial charge in [-0.15, -0.1) is 0 Å². The molecule has 0 saturated heterocycles. The van der Waals surface area contributed by atoms with E-state index in [4.69, 9.17) is 0 Å². The van der Waals surface area contributed by atoms with E-state index in [2.05, 4.69) is 29.9 Å². The van der Waals surface area contributed by atoms with Crippen LogP contribution in [0.5, 0.6) is 0 Å². The molecule has 0 atom stereocenters. The van der Waals surface area contributed by atoms with E-state index in [0.717, 1.165) is 0 Å². The molecule has 0 fully saturated rings. The van der Waals surface area contributed by atoms with Gasteiger partial charge in [-0.05, 0) is 0 Å². The quantitative estimate of drug-likeness (QED) is 0.434. The molecule has 0 amide bonds. The van der Waals surface area contributed by atoms with Crippen LogP contribution >= 0.6 is 0 Å². The van der Waals surface area contributed by atoms with Gasteiger partial charge in [-0.3, -0.25) is 0 Å². The fourth-order valence-electron chi connectivity index (χ4n) is 0.397. The van der Waals surface area contributed by atoms with Crippen LogP contribution in [0.1, 0.15) is 26.2 Å². The normalized spacial score (nSPS) is 10.6. The van der Waals surface area contributed by atoms with E-state index in [9.17, 15) is 0 Å². The van der Waals surface area contributed by atoms with Crippen LogP contribution < -0.4 is 0 Å². The van der Waals surface area contributed by atoms with E-state index in [1.54, 1.807) is 0 Å². The van der Waals surface area contributed by atoms with Gasteiger partial charge < -0.3 is 0 Å². The summed E-state index contributed by atoms with van der Waals surface area (Å²) in [4.78, 5) is 2.04. The predicted molar refractivity (Wildman–Crippen MR) is 34.4 cm³/mol. The van der Waals surface area contributed by atoms with Crippen molar-refractivity contribution in [2.24, 2.45) is 0 Å². The molecule has 7 heavy (non-hydrogen) atoms. The summed E-state index contributed by atoms with van der Waals surface area (Å²) in [5.41, 5.74) is 0. The Hall–Kier alpha value is 0.298. The Labute approximate surface area is 54.5 Å². The fourth-order valence-corrected chi connectivity index (χ4v) is 0.709. The molecule has 0 aromatic heterocycles. The Morgan fingerprint density at radius 2 is 2.29 bits per heavy atom. The third-order valence-electron chi connectivity index (χ3n) is 0.830. The maximum atomic E-state index is 2.44. The minimum atomic E-state index is 1.24. The van der Waals surface area contributed by atoms with Crippen LogP contribution in [0.15, 0.2) is 10.9 Å². The number of unbranched alkanes of at least 4 members (excludes halogenated alkanes) is 2. The van der Waals surface area contributed by atoms with Crippen LogP contribution in [0.2, 0.25) is 0 Å². The molecule has 0 bridgehead atoms. The zero-order valence-corrected chi connectivity index (χ0v) is 6.60. The SMILES string of the molecule is CCCC/C=C/[As]. The van der Waals surface area contributed by atoms with Gasteiger partial charge in [-0.2, -0.15) is 0 Å². The monoisotopic (exact) mass is 158 g/mol. The molecule has 0 aromatic carbocycles. The molecule has 1 heteroatoms. The van der Waals surface area contributed by atoms with Crippen molar-refractivity contribution in [2.45, 2.75) is 26.2 Å². The third-order valence-corrected chi connectivity index (χ3v) is 1.27. The summed E-state index contributed by atoms with van der Waals surface area (Å²) in [7, 11) is 0. The second kappa shape index (κ2) is 6.30. The summed E-state index contributed by atoms with van der Waals surface area (Å²) < 4.78 is 0. The second-order valence-corrected chi connectivity index (χ2v) is 2.15. The molecule has 0 unspecified atom stereocenters. The molecule has 40 valence electrons. The third kappa shape index (κ3) is 6.30. The van der Waals surface area contributed by atoms with Gasteiger partial charge in [-0.25, -0.2) is 0 Å². The Morgan fingerprint density at radius 3 is 2.71 bits per heavy atom. The van der Waals surface area contributed by atoms with Crippen molar-refractivity contribution in [3.8, 4) is 0 Å². The zero-order chi connectivity index (χ0) is 5.54. The van der Waals surface area contributed by atoms with Gasteiger partial charge in [0.1, 0.15) is 0 Å². The van der Waals surface area contributed by atoms with E-state index < -0.39 is 0 Å². The van der Waals surface area contributed by atoms with Crippen LogP contribution in [0.25, 0.3) is 0 Å². The van der Waals surface area contributed by atoms with Gasteiger partial charge in [0.25, 0.3) is 0 Å². The van der Waals surface area contributed by atoms with Crippen LogP contribution in [-0.4, -0.2) is 16.9 Å². The van der Waals surface area contributed by atoms with Crippen molar-refractivity contribution >= 4 is 16.9 Å². The standard InChI is InChI=1S/C6H11As/c1-2-3-4-5-6-7/h5-6H,2-4H2,1H3/b6-5+. The Kier molecular flexibility index (Phi) is 6.57. The fraction of sp³-hybridized carbons (Fsp3) is 0.667. The second-order valence-electron chi connectivity index (χ2n) is 1.53. The van der Waals surface area contributed by atoms with Gasteiger partial charge in [0.05, 0.1) is 0 Å². The average Bonchev–Trinajstić information content (AvgIpc) is 1.69. The van der Waals surface area contributed by atoms with Gasteiger partial charge in [-0.1, -0.05) is 0 Å². The first-order chi connectivity index (χ1) is 3.41. The van der Waals surface area contributed by atoms with Crippen molar-refractivity contribution in [3.05, 3.63) is 10.9 Å². The first-order valence-corrected chi connectivity index (χ1v) is 3.79. The average molecular weight is 158 g/mol. The minimum absolute atomic E-state index is 1.24. The van der Waals surface area contributed by atoms with E-state index in [1.807, 2.05) is 4.86 Å². The molecule has 0 nitrogen and oxygen atoms in total. The van der Waals surface area contributed by atoms with Crippen molar-refractivity contribution in [1.82, 2.24) is 0 Å². The number of hydrogen-bond acceptors (Lipinski definition) is 0. The molecule has 0 aliphatic heterocycles. The van der Waals surface area contributed by atoms with Crippen molar-refractivity contribution in [2.75, 3.05) is 0 Å². The molecule has 2 radical (unpaired) electrons.